The smallest absolute Gasteiger partial charge is 0.315 e. The molecule has 1 saturated heterocycles. The van der Waals surface area contributed by atoms with Gasteiger partial charge in [0.25, 0.3) is 0 Å². The van der Waals surface area contributed by atoms with Crippen LogP contribution in [0.1, 0.15) is 33.1 Å². The summed E-state index contributed by atoms with van der Waals surface area (Å²) in [6.45, 7) is 8.17. The standard InChI is InChI=1S/C13H27N3O2/c1-11-4-3-7-16(10-11)8-6-14-13(18)15-12(2)5-9-17/h11-12,17H,3-10H2,1-2H3,(H2,14,15,18)/t11?,12-/m1/s1. The summed E-state index contributed by atoms with van der Waals surface area (Å²) in [6.07, 6.45) is 3.18. The first-order chi connectivity index (χ1) is 8.61. The molecule has 0 saturated carbocycles. The van der Waals surface area contributed by atoms with Crippen LogP contribution in [0.15, 0.2) is 0 Å². The molecule has 0 bridgehead atoms. The van der Waals surface area contributed by atoms with Crippen molar-refractivity contribution in [2.24, 2.45) is 5.92 Å². The lowest BCUT2D eigenvalue weighted by Crippen LogP contribution is -2.45. The number of carbonyl (C=O) groups is 1. The van der Waals surface area contributed by atoms with Crippen LogP contribution in [-0.2, 0) is 0 Å². The van der Waals surface area contributed by atoms with E-state index in [2.05, 4.69) is 22.5 Å². The van der Waals surface area contributed by atoms with E-state index in [1.165, 1.54) is 12.8 Å². The topological polar surface area (TPSA) is 64.6 Å². The van der Waals surface area contributed by atoms with Crippen LogP contribution in [0, 0.1) is 5.92 Å². The van der Waals surface area contributed by atoms with E-state index >= 15 is 0 Å². The second-order valence-corrected chi connectivity index (χ2v) is 5.36. The number of nitrogens with one attached hydrogen (secondary N) is 2. The number of urea groups is 1. The van der Waals surface area contributed by atoms with Crippen molar-refractivity contribution in [3.05, 3.63) is 0 Å². The first-order valence-corrected chi connectivity index (χ1v) is 6.99. The van der Waals surface area contributed by atoms with Crippen molar-refractivity contribution in [2.45, 2.75) is 39.2 Å². The van der Waals surface area contributed by atoms with Crippen LogP contribution < -0.4 is 10.6 Å². The fourth-order valence-corrected chi connectivity index (χ4v) is 2.36. The van der Waals surface area contributed by atoms with Crippen molar-refractivity contribution in [3.8, 4) is 0 Å². The predicted molar refractivity (Wildman–Crippen MR) is 72.5 cm³/mol. The summed E-state index contributed by atoms with van der Waals surface area (Å²) < 4.78 is 0. The third-order valence-corrected chi connectivity index (χ3v) is 3.39. The zero-order valence-corrected chi connectivity index (χ0v) is 11.6. The van der Waals surface area contributed by atoms with Gasteiger partial charge in [-0.05, 0) is 38.6 Å². The van der Waals surface area contributed by atoms with Crippen molar-refractivity contribution in [1.82, 2.24) is 15.5 Å². The van der Waals surface area contributed by atoms with E-state index in [-0.39, 0.29) is 18.7 Å². The van der Waals surface area contributed by atoms with Crippen molar-refractivity contribution in [3.63, 3.8) is 0 Å². The number of aliphatic hydroxyl groups excluding tert-OH is 1. The average Bonchev–Trinajstić information content (AvgIpc) is 2.29. The number of carbonyl (C=O) groups excluding carboxylic acids is 1. The first kappa shape index (κ1) is 15.2. The van der Waals surface area contributed by atoms with Gasteiger partial charge in [-0.2, -0.15) is 0 Å². The molecule has 106 valence electrons. The van der Waals surface area contributed by atoms with E-state index in [1.54, 1.807) is 0 Å². The van der Waals surface area contributed by atoms with Crippen LogP contribution in [0.2, 0.25) is 0 Å². The minimum absolute atomic E-state index is 0.0185. The van der Waals surface area contributed by atoms with Crippen LogP contribution in [0.5, 0.6) is 0 Å². The molecule has 1 rings (SSSR count). The highest BCUT2D eigenvalue weighted by molar-refractivity contribution is 5.74. The molecule has 18 heavy (non-hydrogen) atoms. The summed E-state index contributed by atoms with van der Waals surface area (Å²) in [5, 5.41) is 14.4. The Labute approximate surface area is 110 Å². The van der Waals surface area contributed by atoms with Gasteiger partial charge in [0.15, 0.2) is 0 Å². The lowest BCUT2D eigenvalue weighted by atomic mass is 10.0. The Morgan fingerprint density at radius 1 is 1.56 bits per heavy atom. The third-order valence-electron chi connectivity index (χ3n) is 3.39. The van der Waals surface area contributed by atoms with E-state index in [0.29, 0.717) is 13.0 Å². The number of hydrogen-bond acceptors (Lipinski definition) is 3. The van der Waals surface area contributed by atoms with Crippen molar-refractivity contribution < 1.29 is 9.90 Å². The van der Waals surface area contributed by atoms with Crippen molar-refractivity contribution >= 4 is 6.03 Å². The number of nitrogens with zero attached hydrogens (tertiary/aromatic N) is 1. The maximum absolute atomic E-state index is 11.5. The molecule has 0 aliphatic carbocycles. The molecule has 0 aromatic rings. The highest BCUT2D eigenvalue weighted by Gasteiger charge is 2.15. The molecular weight excluding hydrogens is 230 g/mol. The van der Waals surface area contributed by atoms with Crippen LogP contribution in [0.4, 0.5) is 4.79 Å². The van der Waals surface area contributed by atoms with E-state index < -0.39 is 0 Å². The van der Waals surface area contributed by atoms with Gasteiger partial charge in [-0.15, -0.1) is 0 Å². The van der Waals surface area contributed by atoms with Gasteiger partial charge in [0.05, 0.1) is 0 Å². The first-order valence-electron chi connectivity index (χ1n) is 6.99. The second kappa shape index (κ2) is 8.32. The molecular formula is C13H27N3O2. The Morgan fingerprint density at radius 2 is 2.33 bits per heavy atom. The molecule has 1 fully saturated rings. The average molecular weight is 257 g/mol. The highest BCUT2D eigenvalue weighted by atomic mass is 16.3. The van der Waals surface area contributed by atoms with Gasteiger partial charge in [0.2, 0.25) is 0 Å². The monoisotopic (exact) mass is 257 g/mol. The van der Waals surface area contributed by atoms with Gasteiger partial charge in [0.1, 0.15) is 0 Å². The minimum atomic E-state index is -0.138. The van der Waals surface area contributed by atoms with Crippen LogP contribution >= 0.6 is 0 Å². The molecule has 1 aliphatic rings. The summed E-state index contributed by atoms with van der Waals surface area (Å²) in [5.41, 5.74) is 0. The zero-order valence-electron chi connectivity index (χ0n) is 11.6. The Hall–Kier alpha value is -0.810. The number of amides is 2. The van der Waals surface area contributed by atoms with Crippen LogP contribution in [0.25, 0.3) is 0 Å². The molecule has 0 aromatic carbocycles. The van der Waals surface area contributed by atoms with Crippen LogP contribution in [-0.4, -0.2) is 54.9 Å². The van der Waals surface area contributed by atoms with Gasteiger partial charge in [-0.25, -0.2) is 4.79 Å². The van der Waals surface area contributed by atoms with E-state index in [0.717, 1.165) is 25.6 Å². The molecule has 3 N–H and O–H groups in total. The summed E-state index contributed by atoms with van der Waals surface area (Å²) >= 11 is 0. The maximum Gasteiger partial charge on any atom is 0.315 e. The molecule has 0 radical (unpaired) electrons. The molecule has 5 heteroatoms. The SMILES string of the molecule is CC1CCCN(CCNC(=O)N[C@H](C)CCO)C1. The van der Waals surface area contributed by atoms with Gasteiger partial charge in [-0.1, -0.05) is 6.92 Å². The molecule has 2 atom stereocenters. The number of rotatable bonds is 6. The maximum atomic E-state index is 11.5. The Morgan fingerprint density at radius 3 is 3.00 bits per heavy atom. The fourth-order valence-electron chi connectivity index (χ4n) is 2.36. The summed E-state index contributed by atoms with van der Waals surface area (Å²) in [6, 6.07) is -0.119. The molecule has 1 aliphatic heterocycles. The third kappa shape index (κ3) is 6.21. The zero-order chi connectivity index (χ0) is 13.4. The normalized spacial score (nSPS) is 22.5. The molecule has 2 amide bonds. The Balaban J connectivity index is 2.07. The summed E-state index contributed by atoms with van der Waals surface area (Å²) in [7, 11) is 0. The molecule has 0 aromatic heterocycles. The fraction of sp³-hybridized carbons (Fsp3) is 0.923. The quantitative estimate of drug-likeness (QED) is 0.659. The molecule has 0 spiro atoms. The molecule has 1 unspecified atom stereocenters. The van der Waals surface area contributed by atoms with Gasteiger partial charge < -0.3 is 20.6 Å². The highest BCUT2D eigenvalue weighted by Crippen LogP contribution is 2.14. The number of likely N-dealkylation sites (tertiary alicyclic amines) is 1. The lowest BCUT2D eigenvalue weighted by Gasteiger charge is -2.30. The second-order valence-electron chi connectivity index (χ2n) is 5.36. The summed E-state index contributed by atoms with van der Waals surface area (Å²) in [4.78, 5) is 13.9. The largest absolute Gasteiger partial charge is 0.396 e. The molecule has 1 heterocycles. The Bertz CT molecular complexity index is 248. The van der Waals surface area contributed by atoms with E-state index in [9.17, 15) is 4.79 Å². The van der Waals surface area contributed by atoms with Gasteiger partial charge in [-0.3, -0.25) is 0 Å². The number of hydrogen-bond donors (Lipinski definition) is 3. The minimum Gasteiger partial charge on any atom is -0.396 e. The van der Waals surface area contributed by atoms with E-state index in [4.69, 9.17) is 5.11 Å². The number of aliphatic hydroxyl groups is 1. The summed E-state index contributed by atoms with van der Waals surface area (Å²) in [5.74, 6) is 0.775. The van der Waals surface area contributed by atoms with Crippen LogP contribution in [0.3, 0.4) is 0 Å². The van der Waals surface area contributed by atoms with Crippen molar-refractivity contribution in [1.29, 1.82) is 0 Å². The van der Waals surface area contributed by atoms with Gasteiger partial charge >= 0.3 is 6.03 Å². The Kier molecular flexibility index (Phi) is 7.05. The van der Waals surface area contributed by atoms with Gasteiger partial charge in [0, 0.05) is 32.3 Å². The predicted octanol–water partition coefficient (Wildman–Crippen LogP) is 0.788. The molecule has 5 nitrogen and oxygen atoms in total. The van der Waals surface area contributed by atoms with Crippen molar-refractivity contribution in [2.75, 3.05) is 32.8 Å². The van der Waals surface area contributed by atoms with E-state index in [1.807, 2.05) is 6.92 Å². The number of piperidine rings is 1. The lowest BCUT2D eigenvalue weighted by molar-refractivity contribution is 0.183.